The van der Waals surface area contributed by atoms with Crippen molar-refractivity contribution in [2.45, 2.75) is 42.9 Å². The number of hydrogen-bond donors (Lipinski definition) is 1. The van der Waals surface area contributed by atoms with Crippen LogP contribution in [0.3, 0.4) is 0 Å². The summed E-state index contributed by atoms with van der Waals surface area (Å²) in [5.41, 5.74) is 1.28. The molecule has 0 unspecified atom stereocenters. The number of rotatable bonds is 6. The average molecular weight is 347 g/mol. The molecule has 1 fully saturated rings. The minimum Gasteiger partial charge on any atom is -0.308 e. The quantitative estimate of drug-likeness (QED) is 0.861. The number of halogens is 1. The van der Waals surface area contributed by atoms with E-state index in [1.807, 2.05) is 31.1 Å². The van der Waals surface area contributed by atoms with Gasteiger partial charge in [0.2, 0.25) is 10.0 Å². The lowest BCUT2D eigenvalue weighted by Gasteiger charge is -2.22. The van der Waals surface area contributed by atoms with Crippen LogP contribution in [0.1, 0.15) is 43.6 Å². The van der Waals surface area contributed by atoms with Crippen molar-refractivity contribution in [3.05, 3.63) is 29.8 Å². The second-order valence-electron chi connectivity index (χ2n) is 6.11. The van der Waals surface area contributed by atoms with Gasteiger partial charge in [-0.25, -0.2) is 13.1 Å². The largest absolute Gasteiger partial charge is 0.308 e. The van der Waals surface area contributed by atoms with Gasteiger partial charge in [-0.1, -0.05) is 31.4 Å². The van der Waals surface area contributed by atoms with Crippen molar-refractivity contribution in [3.63, 3.8) is 0 Å². The SMILES string of the molecule is CN(C)CCNS(=O)(=O)c1ccc(C2CCCCC2)cc1.Cl. The number of nitrogens with zero attached hydrogens (tertiary/aromatic N) is 1. The maximum atomic E-state index is 12.2. The lowest BCUT2D eigenvalue weighted by Crippen LogP contribution is -2.31. The zero-order valence-corrected chi connectivity index (χ0v) is 15.0. The molecule has 22 heavy (non-hydrogen) atoms. The molecule has 0 bridgehead atoms. The molecule has 1 N–H and O–H groups in total. The Balaban J connectivity index is 0.00000242. The normalized spacial score (nSPS) is 16.5. The average Bonchev–Trinajstić information content (AvgIpc) is 2.48. The first-order chi connectivity index (χ1) is 9.99. The van der Waals surface area contributed by atoms with Gasteiger partial charge in [-0.2, -0.15) is 0 Å². The predicted octanol–water partition coefficient (Wildman–Crippen LogP) is 3.00. The summed E-state index contributed by atoms with van der Waals surface area (Å²) >= 11 is 0. The lowest BCUT2D eigenvalue weighted by molar-refractivity contribution is 0.412. The fourth-order valence-electron chi connectivity index (χ4n) is 2.84. The highest BCUT2D eigenvalue weighted by Crippen LogP contribution is 2.32. The molecule has 0 heterocycles. The van der Waals surface area contributed by atoms with Crippen molar-refractivity contribution >= 4 is 22.4 Å². The zero-order chi connectivity index (χ0) is 15.3. The first-order valence-corrected chi connectivity index (χ1v) is 9.22. The third kappa shape index (κ3) is 5.54. The highest BCUT2D eigenvalue weighted by Gasteiger charge is 2.17. The molecule has 1 aliphatic carbocycles. The Kier molecular flexibility index (Phi) is 7.83. The summed E-state index contributed by atoms with van der Waals surface area (Å²) in [6.45, 7) is 1.12. The monoisotopic (exact) mass is 346 g/mol. The van der Waals surface area contributed by atoms with Crippen LogP contribution >= 0.6 is 12.4 Å². The predicted molar refractivity (Wildman–Crippen MR) is 93.3 cm³/mol. The lowest BCUT2D eigenvalue weighted by atomic mass is 9.84. The third-order valence-electron chi connectivity index (χ3n) is 4.12. The van der Waals surface area contributed by atoms with Gasteiger partial charge >= 0.3 is 0 Å². The maximum absolute atomic E-state index is 12.2. The van der Waals surface area contributed by atoms with Crippen molar-refractivity contribution in [2.75, 3.05) is 27.2 Å². The second kappa shape index (κ2) is 8.87. The number of likely N-dealkylation sites (N-methyl/N-ethyl adjacent to an activating group) is 1. The van der Waals surface area contributed by atoms with Crippen molar-refractivity contribution in [3.8, 4) is 0 Å². The molecule has 126 valence electrons. The van der Waals surface area contributed by atoms with Crippen LogP contribution in [0, 0.1) is 0 Å². The Morgan fingerprint density at radius 3 is 2.23 bits per heavy atom. The van der Waals surface area contributed by atoms with Crippen LogP contribution in [0.2, 0.25) is 0 Å². The maximum Gasteiger partial charge on any atom is 0.240 e. The van der Waals surface area contributed by atoms with Crippen molar-refractivity contribution in [1.82, 2.24) is 9.62 Å². The van der Waals surface area contributed by atoms with Crippen LogP contribution in [0.4, 0.5) is 0 Å². The Morgan fingerprint density at radius 2 is 1.68 bits per heavy atom. The van der Waals surface area contributed by atoms with E-state index in [0.717, 1.165) is 0 Å². The Morgan fingerprint density at radius 1 is 1.09 bits per heavy atom. The van der Waals surface area contributed by atoms with E-state index in [1.54, 1.807) is 12.1 Å². The topological polar surface area (TPSA) is 49.4 Å². The number of benzene rings is 1. The van der Waals surface area contributed by atoms with E-state index in [-0.39, 0.29) is 12.4 Å². The standard InChI is InChI=1S/C16H26N2O2S.ClH/c1-18(2)13-12-17-21(19,20)16-10-8-15(9-11-16)14-6-4-3-5-7-14;/h8-11,14,17H,3-7,12-13H2,1-2H3;1H. The molecule has 0 aliphatic heterocycles. The summed E-state index contributed by atoms with van der Waals surface area (Å²) in [5, 5.41) is 0. The summed E-state index contributed by atoms with van der Waals surface area (Å²) in [6, 6.07) is 7.44. The van der Waals surface area contributed by atoms with E-state index in [9.17, 15) is 8.42 Å². The molecule has 0 amide bonds. The molecular formula is C16H27ClN2O2S. The molecule has 1 saturated carbocycles. The molecule has 0 aromatic heterocycles. The summed E-state index contributed by atoms with van der Waals surface area (Å²) in [7, 11) is 0.468. The van der Waals surface area contributed by atoms with E-state index in [1.165, 1.54) is 37.7 Å². The molecule has 0 radical (unpaired) electrons. The summed E-state index contributed by atoms with van der Waals surface area (Å²) in [6.07, 6.45) is 6.37. The Labute approximate surface area is 140 Å². The Bertz CT molecular complexity index is 538. The third-order valence-corrected chi connectivity index (χ3v) is 5.60. The molecule has 0 atom stereocenters. The summed E-state index contributed by atoms with van der Waals surface area (Å²) in [5.74, 6) is 0.609. The minimum atomic E-state index is -3.38. The van der Waals surface area contributed by atoms with Gasteiger partial charge < -0.3 is 4.90 Å². The Hall–Kier alpha value is -0.620. The van der Waals surface area contributed by atoms with Gasteiger partial charge in [0.25, 0.3) is 0 Å². The molecular weight excluding hydrogens is 320 g/mol. The highest BCUT2D eigenvalue weighted by atomic mass is 35.5. The smallest absolute Gasteiger partial charge is 0.240 e. The first-order valence-electron chi connectivity index (χ1n) is 7.73. The fraction of sp³-hybridized carbons (Fsp3) is 0.625. The molecule has 1 aliphatic rings. The second-order valence-corrected chi connectivity index (χ2v) is 7.87. The van der Waals surface area contributed by atoms with E-state index in [0.29, 0.717) is 23.9 Å². The minimum absolute atomic E-state index is 0. The van der Waals surface area contributed by atoms with Crippen LogP contribution in [-0.2, 0) is 10.0 Å². The molecule has 6 heteroatoms. The number of sulfonamides is 1. The van der Waals surface area contributed by atoms with Crippen LogP contribution in [0.15, 0.2) is 29.2 Å². The molecule has 4 nitrogen and oxygen atoms in total. The molecule has 0 saturated heterocycles. The molecule has 0 spiro atoms. The van der Waals surface area contributed by atoms with Gasteiger partial charge in [-0.3, -0.25) is 0 Å². The van der Waals surface area contributed by atoms with Gasteiger partial charge in [0.15, 0.2) is 0 Å². The van der Waals surface area contributed by atoms with Gasteiger partial charge in [0.05, 0.1) is 4.90 Å². The molecule has 1 aromatic carbocycles. The van der Waals surface area contributed by atoms with Crippen LogP contribution < -0.4 is 4.72 Å². The zero-order valence-electron chi connectivity index (χ0n) is 13.4. The van der Waals surface area contributed by atoms with Crippen molar-refractivity contribution < 1.29 is 8.42 Å². The van der Waals surface area contributed by atoms with E-state index < -0.39 is 10.0 Å². The number of nitrogens with one attached hydrogen (secondary N) is 1. The number of hydrogen-bond acceptors (Lipinski definition) is 3. The fourth-order valence-corrected chi connectivity index (χ4v) is 3.86. The van der Waals surface area contributed by atoms with E-state index in [4.69, 9.17) is 0 Å². The van der Waals surface area contributed by atoms with Gasteiger partial charge in [-0.05, 0) is 50.6 Å². The first kappa shape index (κ1) is 19.4. The van der Waals surface area contributed by atoms with Crippen molar-refractivity contribution in [1.29, 1.82) is 0 Å². The molecule has 2 rings (SSSR count). The van der Waals surface area contributed by atoms with Gasteiger partial charge in [0.1, 0.15) is 0 Å². The molecule has 1 aromatic rings. The van der Waals surface area contributed by atoms with Crippen molar-refractivity contribution in [2.24, 2.45) is 0 Å². The van der Waals surface area contributed by atoms with E-state index >= 15 is 0 Å². The van der Waals surface area contributed by atoms with E-state index in [2.05, 4.69) is 4.72 Å². The summed E-state index contributed by atoms with van der Waals surface area (Å²) < 4.78 is 27.0. The summed E-state index contributed by atoms with van der Waals surface area (Å²) in [4.78, 5) is 2.31. The van der Waals surface area contributed by atoms with Crippen LogP contribution in [0.5, 0.6) is 0 Å². The van der Waals surface area contributed by atoms with Crippen LogP contribution in [-0.4, -0.2) is 40.5 Å². The van der Waals surface area contributed by atoms with Gasteiger partial charge in [0, 0.05) is 13.1 Å². The van der Waals surface area contributed by atoms with Crippen LogP contribution in [0.25, 0.3) is 0 Å². The van der Waals surface area contributed by atoms with Gasteiger partial charge in [-0.15, -0.1) is 12.4 Å². The highest BCUT2D eigenvalue weighted by molar-refractivity contribution is 7.89.